The van der Waals surface area contributed by atoms with Crippen LogP contribution in [0.5, 0.6) is 5.75 Å². The highest BCUT2D eigenvalue weighted by atomic mass is 32.2. The molecule has 1 unspecified atom stereocenters. The van der Waals surface area contributed by atoms with Crippen molar-refractivity contribution >= 4 is 42.4 Å². The molecular formula is C12H10F2N2O4S2. The summed E-state index contributed by atoms with van der Waals surface area (Å²) in [4.78, 5) is 15.9. The summed E-state index contributed by atoms with van der Waals surface area (Å²) < 4.78 is 52.4. The van der Waals surface area contributed by atoms with Gasteiger partial charge in [-0.1, -0.05) is 17.4 Å². The highest BCUT2D eigenvalue weighted by Gasteiger charge is 2.41. The minimum atomic E-state index is -3.35. The number of ether oxygens (including phenoxy) is 1. The van der Waals surface area contributed by atoms with Crippen molar-refractivity contribution in [2.45, 2.75) is 18.3 Å². The Morgan fingerprint density at radius 1 is 1.45 bits per heavy atom. The Hall–Kier alpha value is -1.81. The Morgan fingerprint density at radius 3 is 2.82 bits per heavy atom. The zero-order valence-corrected chi connectivity index (χ0v) is 12.6. The number of benzene rings is 1. The van der Waals surface area contributed by atoms with Gasteiger partial charge in [0.2, 0.25) is 5.91 Å². The Labute approximate surface area is 128 Å². The van der Waals surface area contributed by atoms with Gasteiger partial charge in [0.25, 0.3) is 0 Å². The number of carbonyl (C=O) groups excluding carboxylic acids is 1. The predicted octanol–water partition coefficient (Wildman–Crippen LogP) is 2.02. The Kier molecular flexibility index (Phi) is 3.73. The van der Waals surface area contributed by atoms with Crippen LogP contribution in [0.25, 0.3) is 10.2 Å². The number of anilines is 1. The Balaban J connectivity index is 1.85. The minimum Gasteiger partial charge on any atom is -0.432 e. The largest absolute Gasteiger partial charge is 0.432 e. The zero-order chi connectivity index (χ0) is 15.9. The molecule has 1 N–H and O–H groups in total. The molecule has 6 nitrogen and oxygen atoms in total. The van der Waals surface area contributed by atoms with Gasteiger partial charge in [-0.15, -0.1) is 0 Å². The molecule has 1 aliphatic heterocycles. The van der Waals surface area contributed by atoms with Gasteiger partial charge in [-0.3, -0.25) is 4.79 Å². The fourth-order valence-corrected chi connectivity index (χ4v) is 4.20. The van der Waals surface area contributed by atoms with Gasteiger partial charge in [-0.25, -0.2) is 13.4 Å². The molecule has 1 saturated heterocycles. The van der Waals surface area contributed by atoms with Gasteiger partial charge in [-0.2, -0.15) is 8.78 Å². The quantitative estimate of drug-likeness (QED) is 0.914. The number of rotatable bonds is 4. The number of carbonyl (C=O) groups is 1. The van der Waals surface area contributed by atoms with Gasteiger partial charge < -0.3 is 10.1 Å². The lowest BCUT2D eigenvalue weighted by atomic mass is 10.3. The molecule has 1 aliphatic rings. The van der Waals surface area contributed by atoms with Crippen molar-refractivity contribution in [1.29, 1.82) is 0 Å². The van der Waals surface area contributed by atoms with E-state index in [1.54, 1.807) is 6.07 Å². The smallest absolute Gasteiger partial charge is 0.387 e. The maximum atomic E-state index is 12.3. The molecule has 1 amide bonds. The molecule has 3 rings (SSSR count). The molecule has 1 aromatic heterocycles. The predicted molar refractivity (Wildman–Crippen MR) is 77.1 cm³/mol. The highest BCUT2D eigenvalue weighted by molar-refractivity contribution is 7.94. The number of sulfone groups is 1. The maximum Gasteiger partial charge on any atom is 0.387 e. The number of alkyl halides is 2. The van der Waals surface area contributed by atoms with E-state index in [1.165, 1.54) is 12.1 Å². The van der Waals surface area contributed by atoms with Crippen LogP contribution in [0.15, 0.2) is 18.2 Å². The van der Waals surface area contributed by atoms with Crippen molar-refractivity contribution in [3.05, 3.63) is 18.2 Å². The molecule has 22 heavy (non-hydrogen) atoms. The molecule has 118 valence electrons. The third-order valence-electron chi connectivity index (χ3n) is 3.22. The van der Waals surface area contributed by atoms with E-state index in [9.17, 15) is 22.0 Å². The maximum absolute atomic E-state index is 12.3. The van der Waals surface area contributed by atoms with Gasteiger partial charge in [0.1, 0.15) is 10.8 Å². The first-order valence-electron chi connectivity index (χ1n) is 6.23. The lowest BCUT2D eigenvalue weighted by Gasteiger charge is -2.23. The molecule has 0 radical (unpaired) electrons. The third-order valence-corrected chi connectivity index (χ3v) is 6.28. The zero-order valence-electron chi connectivity index (χ0n) is 11.0. The summed E-state index contributed by atoms with van der Waals surface area (Å²) in [5, 5.41) is 1.50. The molecule has 0 bridgehead atoms. The van der Waals surface area contributed by atoms with Crippen LogP contribution in [0.1, 0.15) is 6.42 Å². The van der Waals surface area contributed by atoms with E-state index in [0.717, 1.165) is 11.3 Å². The summed E-state index contributed by atoms with van der Waals surface area (Å²) >= 11 is 1.06. The summed E-state index contributed by atoms with van der Waals surface area (Å²) in [6, 6.07) is 4.51. The number of amides is 1. The van der Waals surface area contributed by atoms with Gasteiger partial charge in [0.05, 0.1) is 10.5 Å². The molecule has 10 heteroatoms. The van der Waals surface area contributed by atoms with E-state index >= 15 is 0 Å². The van der Waals surface area contributed by atoms with Gasteiger partial charge in [0.15, 0.2) is 20.7 Å². The number of thiazole rings is 1. The van der Waals surface area contributed by atoms with Crippen molar-refractivity contribution in [3.63, 3.8) is 0 Å². The number of nitrogens with one attached hydrogen (secondary N) is 1. The Morgan fingerprint density at radius 2 is 2.23 bits per heavy atom. The average Bonchev–Trinajstić information content (AvgIpc) is 2.80. The van der Waals surface area contributed by atoms with Crippen LogP contribution >= 0.6 is 11.3 Å². The van der Waals surface area contributed by atoms with Gasteiger partial charge in [0, 0.05) is 0 Å². The molecule has 1 fully saturated rings. The first kappa shape index (κ1) is 15.1. The number of halogens is 2. The van der Waals surface area contributed by atoms with E-state index < -0.39 is 27.6 Å². The fraction of sp³-hybridized carbons (Fsp3) is 0.333. The first-order chi connectivity index (χ1) is 10.4. The lowest BCUT2D eigenvalue weighted by molar-refractivity contribution is -0.116. The van der Waals surface area contributed by atoms with E-state index in [1.807, 2.05) is 0 Å². The summed E-state index contributed by atoms with van der Waals surface area (Å²) in [5.41, 5.74) is 0.194. The van der Waals surface area contributed by atoms with Crippen molar-refractivity contribution in [1.82, 2.24) is 4.98 Å². The van der Waals surface area contributed by atoms with E-state index in [-0.39, 0.29) is 28.6 Å². The average molecular weight is 348 g/mol. The van der Waals surface area contributed by atoms with Crippen LogP contribution in [0.3, 0.4) is 0 Å². The standard InChI is InChI=1S/C12H10F2N2O4S2/c13-11(14)20-6-2-1-3-7-9(6)15-12(21-7)16-10(17)8-4-5-22(8,18)19/h1-3,8,11H,4-5H2,(H,15,16,17). The normalized spacial score (nSPS) is 19.9. The van der Waals surface area contributed by atoms with E-state index in [4.69, 9.17) is 0 Å². The number of hydrogen-bond acceptors (Lipinski definition) is 6. The van der Waals surface area contributed by atoms with Crippen molar-refractivity contribution < 1.29 is 26.7 Å². The van der Waals surface area contributed by atoms with Crippen LogP contribution < -0.4 is 10.1 Å². The molecule has 2 heterocycles. The molecule has 2 aromatic rings. The lowest BCUT2D eigenvalue weighted by Crippen LogP contribution is -2.45. The summed E-state index contributed by atoms with van der Waals surface area (Å²) in [6.45, 7) is -2.98. The van der Waals surface area contributed by atoms with Crippen LogP contribution in [0.4, 0.5) is 13.9 Å². The molecule has 1 atom stereocenters. The number of hydrogen-bond donors (Lipinski definition) is 1. The molecule has 0 aliphatic carbocycles. The van der Waals surface area contributed by atoms with Gasteiger partial charge in [-0.05, 0) is 18.6 Å². The second-order valence-electron chi connectivity index (χ2n) is 4.63. The van der Waals surface area contributed by atoms with Crippen LogP contribution in [-0.2, 0) is 14.6 Å². The number of aromatic nitrogens is 1. The van der Waals surface area contributed by atoms with Crippen molar-refractivity contribution in [3.8, 4) is 5.75 Å². The number of nitrogens with zero attached hydrogens (tertiary/aromatic N) is 1. The van der Waals surface area contributed by atoms with E-state index in [2.05, 4.69) is 15.0 Å². The Bertz CT molecular complexity index is 835. The van der Waals surface area contributed by atoms with Crippen molar-refractivity contribution in [2.75, 3.05) is 11.1 Å². The molecule has 0 saturated carbocycles. The fourth-order valence-electron chi connectivity index (χ4n) is 2.08. The second-order valence-corrected chi connectivity index (χ2v) is 7.97. The SMILES string of the molecule is O=C(Nc1nc2c(OC(F)F)cccc2s1)C1CCS1(=O)=O. The summed E-state index contributed by atoms with van der Waals surface area (Å²) in [5.74, 6) is -0.751. The number of para-hydroxylation sites is 1. The van der Waals surface area contributed by atoms with Crippen LogP contribution in [0.2, 0.25) is 0 Å². The monoisotopic (exact) mass is 348 g/mol. The summed E-state index contributed by atoms with van der Waals surface area (Å²) in [7, 11) is -3.35. The topological polar surface area (TPSA) is 85.4 Å². The van der Waals surface area contributed by atoms with Crippen LogP contribution in [0, 0.1) is 0 Å². The minimum absolute atomic E-state index is 0.00267. The molecule has 0 spiro atoms. The van der Waals surface area contributed by atoms with E-state index in [0.29, 0.717) is 4.70 Å². The van der Waals surface area contributed by atoms with Gasteiger partial charge >= 0.3 is 6.61 Å². The first-order valence-corrected chi connectivity index (χ1v) is 8.77. The van der Waals surface area contributed by atoms with Crippen molar-refractivity contribution in [2.24, 2.45) is 0 Å². The highest BCUT2D eigenvalue weighted by Crippen LogP contribution is 2.33. The number of fused-ring (bicyclic) bond motifs is 1. The molecule has 1 aromatic carbocycles. The molecular weight excluding hydrogens is 338 g/mol. The second kappa shape index (κ2) is 5.43. The summed E-state index contributed by atoms with van der Waals surface area (Å²) in [6.07, 6.45) is 0.277. The third kappa shape index (κ3) is 2.75. The van der Waals surface area contributed by atoms with Crippen LogP contribution in [-0.4, -0.2) is 36.9 Å².